The summed E-state index contributed by atoms with van der Waals surface area (Å²) in [5.41, 5.74) is 6.15. The van der Waals surface area contributed by atoms with Gasteiger partial charge in [0.1, 0.15) is 12.4 Å². The van der Waals surface area contributed by atoms with Crippen LogP contribution in [0.1, 0.15) is 28.2 Å². The molecule has 0 aliphatic carbocycles. The molecule has 0 atom stereocenters. The first-order chi connectivity index (χ1) is 17.9. The third-order valence-electron chi connectivity index (χ3n) is 5.47. The average Bonchev–Trinajstić information content (AvgIpc) is 2.90. The van der Waals surface area contributed by atoms with Crippen molar-refractivity contribution in [1.82, 2.24) is 5.43 Å². The van der Waals surface area contributed by atoms with Gasteiger partial charge in [0.2, 0.25) is 0 Å². The van der Waals surface area contributed by atoms with Crippen molar-refractivity contribution >= 4 is 63.0 Å². The third kappa shape index (κ3) is 7.13. The molecule has 0 aromatic heterocycles. The van der Waals surface area contributed by atoms with Crippen LogP contribution in [-0.4, -0.2) is 17.0 Å². The van der Waals surface area contributed by atoms with Crippen molar-refractivity contribution in [3.05, 3.63) is 137 Å². The summed E-state index contributed by atoms with van der Waals surface area (Å²) in [4.78, 5) is 23.5. The fraction of sp³-hybridized carbons (Fsp3) is 0.0714. The van der Waals surface area contributed by atoms with E-state index in [4.69, 9.17) is 4.74 Å². The van der Waals surface area contributed by atoms with Crippen LogP contribution in [0.25, 0.3) is 0 Å². The Hall–Kier alpha value is -3.32. The van der Waals surface area contributed by atoms with Crippen molar-refractivity contribution in [3.8, 4) is 5.75 Å². The van der Waals surface area contributed by atoms with Gasteiger partial charge in [-0.2, -0.15) is 5.10 Å². The number of hydrogen-bond donors (Lipinski definition) is 1. The number of ether oxygens (including phenoxy) is 1. The highest BCUT2D eigenvalue weighted by Gasteiger charge is 2.22. The molecular weight excluding hydrogens is 696 g/mol. The lowest BCUT2D eigenvalue weighted by Gasteiger charge is -2.16. The standard InChI is InChI=1S/C28H21I2N3O4/c29-24-15-20(16-25(30)27(24)37-18-19-11-13-23(14-12-19)33(35)36)17-31-32-28(34)26(21-7-3-1-4-8-21)22-9-5-2-6-10-22/h1-17,26H,18H2,(H,32,34)/b31-17+. The zero-order chi connectivity index (χ0) is 26.2. The number of nitrogens with one attached hydrogen (secondary N) is 1. The van der Waals surface area contributed by atoms with E-state index in [2.05, 4.69) is 55.7 Å². The van der Waals surface area contributed by atoms with Gasteiger partial charge in [-0.05, 0) is 91.7 Å². The van der Waals surface area contributed by atoms with E-state index in [0.29, 0.717) is 5.75 Å². The average molecular weight is 717 g/mol. The smallest absolute Gasteiger partial charge is 0.269 e. The largest absolute Gasteiger partial charge is 0.487 e. The molecule has 0 saturated carbocycles. The second-order valence-corrected chi connectivity index (χ2v) is 10.3. The van der Waals surface area contributed by atoms with Crippen LogP contribution in [0.4, 0.5) is 5.69 Å². The van der Waals surface area contributed by atoms with Crippen LogP contribution >= 0.6 is 45.2 Å². The first-order valence-electron chi connectivity index (χ1n) is 11.2. The highest BCUT2D eigenvalue weighted by Crippen LogP contribution is 2.30. The molecule has 0 unspecified atom stereocenters. The van der Waals surface area contributed by atoms with Crippen molar-refractivity contribution < 1.29 is 14.5 Å². The fourth-order valence-electron chi connectivity index (χ4n) is 3.68. The normalized spacial score (nSPS) is 11.0. The van der Waals surface area contributed by atoms with Gasteiger partial charge in [0.25, 0.3) is 11.6 Å². The predicted octanol–water partition coefficient (Wildman–Crippen LogP) is 6.67. The quantitative estimate of drug-likeness (QED) is 0.0907. The van der Waals surface area contributed by atoms with Gasteiger partial charge in [-0.3, -0.25) is 14.9 Å². The van der Waals surface area contributed by atoms with Crippen molar-refractivity contribution in [2.45, 2.75) is 12.5 Å². The Morgan fingerprint density at radius 3 is 1.97 bits per heavy atom. The van der Waals surface area contributed by atoms with Crippen molar-refractivity contribution in [3.63, 3.8) is 0 Å². The van der Waals surface area contributed by atoms with Gasteiger partial charge in [-0.15, -0.1) is 0 Å². The lowest BCUT2D eigenvalue weighted by Crippen LogP contribution is -2.26. The molecular formula is C28H21I2N3O4. The Morgan fingerprint density at radius 1 is 0.919 bits per heavy atom. The number of nitro benzene ring substituents is 1. The number of hydrogen-bond acceptors (Lipinski definition) is 5. The number of benzene rings is 4. The molecule has 9 heteroatoms. The van der Waals surface area contributed by atoms with Gasteiger partial charge < -0.3 is 4.74 Å². The number of nitro groups is 1. The molecule has 4 aromatic carbocycles. The van der Waals surface area contributed by atoms with Crippen molar-refractivity contribution in [2.75, 3.05) is 0 Å². The molecule has 0 aliphatic heterocycles. The van der Waals surface area contributed by atoms with Crippen LogP contribution in [0.3, 0.4) is 0 Å². The SMILES string of the molecule is O=C(N/N=C/c1cc(I)c(OCc2ccc([N+](=O)[O-])cc2)c(I)c1)C(c1ccccc1)c1ccccc1. The molecule has 1 N–H and O–H groups in total. The molecule has 4 aromatic rings. The summed E-state index contributed by atoms with van der Waals surface area (Å²) in [7, 11) is 0. The maximum atomic E-state index is 13.1. The molecule has 186 valence electrons. The van der Waals surface area contributed by atoms with Crippen LogP contribution in [-0.2, 0) is 11.4 Å². The molecule has 37 heavy (non-hydrogen) atoms. The van der Waals surface area contributed by atoms with Gasteiger partial charge >= 0.3 is 0 Å². The number of carbonyl (C=O) groups is 1. The maximum absolute atomic E-state index is 13.1. The van der Waals surface area contributed by atoms with Gasteiger partial charge in [0, 0.05) is 12.1 Å². The minimum absolute atomic E-state index is 0.0440. The van der Waals surface area contributed by atoms with E-state index in [1.165, 1.54) is 12.1 Å². The van der Waals surface area contributed by atoms with E-state index >= 15 is 0 Å². The second-order valence-electron chi connectivity index (χ2n) is 8.01. The minimum Gasteiger partial charge on any atom is -0.487 e. The zero-order valence-corrected chi connectivity index (χ0v) is 23.7. The van der Waals surface area contributed by atoms with Gasteiger partial charge in [0.05, 0.1) is 24.2 Å². The van der Waals surface area contributed by atoms with Crippen LogP contribution < -0.4 is 10.2 Å². The molecule has 7 nitrogen and oxygen atoms in total. The Balaban J connectivity index is 1.43. The number of amides is 1. The Morgan fingerprint density at radius 2 is 1.46 bits per heavy atom. The minimum atomic E-state index is -0.477. The van der Waals surface area contributed by atoms with Crippen LogP contribution in [0.2, 0.25) is 0 Å². The predicted molar refractivity (Wildman–Crippen MR) is 160 cm³/mol. The Labute approximate surface area is 241 Å². The molecule has 0 fully saturated rings. The van der Waals surface area contributed by atoms with Crippen molar-refractivity contribution in [1.29, 1.82) is 0 Å². The molecule has 0 radical (unpaired) electrons. The number of rotatable bonds is 9. The first-order valence-corrected chi connectivity index (χ1v) is 13.4. The summed E-state index contributed by atoms with van der Waals surface area (Å²) < 4.78 is 7.74. The maximum Gasteiger partial charge on any atom is 0.269 e. The molecule has 0 spiro atoms. The van der Waals surface area contributed by atoms with Crippen molar-refractivity contribution in [2.24, 2.45) is 5.10 Å². The summed E-state index contributed by atoms with van der Waals surface area (Å²) in [5, 5.41) is 15.0. The number of nitrogens with zero attached hydrogens (tertiary/aromatic N) is 2. The first kappa shape index (κ1) is 26.7. The number of halogens is 2. The van der Waals surface area contributed by atoms with E-state index in [-0.39, 0.29) is 18.2 Å². The molecule has 1 amide bonds. The van der Waals surface area contributed by atoms with E-state index in [1.54, 1.807) is 18.3 Å². The monoisotopic (exact) mass is 717 g/mol. The Bertz CT molecular complexity index is 1350. The van der Waals surface area contributed by atoms with E-state index < -0.39 is 10.8 Å². The summed E-state index contributed by atoms with van der Waals surface area (Å²) in [6, 6.07) is 29.3. The highest BCUT2D eigenvalue weighted by atomic mass is 127. The lowest BCUT2D eigenvalue weighted by atomic mass is 9.91. The Kier molecular flexibility index (Phi) is 9.23. The van der Waals surface area contributed by atoms with Gasteiger partial charge in [-0.25, -0.2) is 5.43 Å². The second kappa shape index (κ2) is 12.8. The summed E-state index contributed by atoms with van der Waals surface area (Å²) >= 11 is 4.38. The van der Waals surface area contributed by atoms with E-state index in [9.17, 15) is 14.9 Å². The molecule has 4 rings (SSSR count). The van der Waals surface area contributed by atoms with Crippen LogP contribution in [0.15, 0.2) is 102 Å². The molecule has 0 saturated heterocycles. The van der Waals surface area contributed by atoms with Gasteiger partial charge in [-0.1, -0.05) is 60.7 Å². The molecule has 0 aliphatic rings. The summed E-state index contributed by atoms with van der Waals surface area (Å²) in [6.45, 7) is 0.286. The molecule has 0 bridgehead atoms. The van der Waals surface area contributed by atoms with Crippen LogP contribution in [0.5, 0.6) is 5.75 Å². The zero-order valence-electron chi connectivity index (χ0n) is 19.4. The van der Waals surface area contributed by atoms with E-state index in [0.717, 1.165) is 29.4 Å². The molecule has 0 heterocycles. The summed E-state index contributed by atoms with van der Waals surface area (Å²) in [5.74, 6) is 0.0186. The summed E-state index contributed by atoms with van der Waals surface area (Å²) in [6.07, 6.45) is 1.61. The number of carbonyl (C=O) groups excluding carboxylic acids is 1. The fourth-order valence-corrected chi connectivity index (χ4v) is 5.81. The van der Waals surface area contributed by atoms with Crippen LogP contribution in [0, 0.1) is 17.3 Å². The van der Waals surface area contributed by atoms with Gasteiger partial charge in [0.15, 0.2) is 0 Å². The topological polar surface area (TPSA) is 93.8 Å². The third-order valence-corrected chi connectivity index (χ3v) is 7.07. The highest BCUT2D eigenvalue weighted by molar-refractivity contribution is 14.1. The lowest BCUT2D eigenvalue weighted by molar-refractivity contribution is -0.384. The number of hydrazone groups is 1. The van der Waals surface area contributed by atoms with E-state index in [1.807, 2.05) is 72.8 Å². The number of non-ortho nitro benzene ring substituents is 1.